The van der Waals surface area contributed by atoms with Crippen molar-refractivity contribution in [2.45, 2.75) is 51.6 Å². The number of aryl methyl sites for hydroxylation is 1. The van der Waals surface area contributed by atoms with Crippen molar-refractivity contribution in [1.29, 1.82) is 0 Å². The van der Waals surface area contributed by atoms with Crippen molar-refractivity contribution in [2.24, 2.45) is 7.05 Å². The zero-order valence-electron chi connectivity index (χ0n) is 22.6. The number of pyridine rings is 2. The fourth-order valence-corrected chi connectivity index (χ4v) is 6.10. The molecule has 0 radical (unpaired) electrons. The maximum atomic E-state index is 14.8. The molecule has 2 bridgehead atoms. The molecule has 0 spiro atoms. The molecule has 2 unspecified atom stereocenters. The van der Waals surface area contributed by atoms with Crippen molar-refractivity contribution >= 4 is 28.7 Å². The van der Waals surface area contributed by atoms with Crippen LogP contribution in [0.2, 0.25) is 0 Å². The number of carbonyl (C=O) groups is 1. The van der Waals surface area contributed by atoms with Gasteiger partial charge < -0.3 is 10.2 Å². The summed E-state index contributed by atoms with van der Waals surface area (Å²) >= 11 is 0. The van der Waals surface area contributed by atoms with E-state index in [4.69, 9.17) is 0 Å². The van der Waals surface area contributed by atoms with E-state index in [9.17, 15) is 9.18 Å². The predicted molar refractivity (Wildman–Crippen MR) is 146 cm³/mol. The third kappa shape index (κ3) is 4.60. The average Bonchev–Trinajstić information content (AvgIpc) is 3.39. The maximum absolute atomic E-state index is 14.8. The summed E-state index contributed by atoms with van der Waals surface area (Å²) in [5, 5.41) is 8.35. The van der Waals surface area contributed by atoms with Crippen molar-refractivity contribution in [2.75, 3.05) is 25.0 Å². The first-order valence-corrected chi connectivity index (χ1v) is 13.5. The topological polar surface area (TPSA) is 105 Å². The van der Waals surface area contributed by atoms with Gasteiger partial charge in [0.05, 0.1) is 17.5 Å². The van der Waals surface area contributed by atoms with Crippen LogP contribution >= 0.6 is 0 Å². The molecule has 0 saturated carbocycles. The fourth-order valence-electron chi connectivity index (χ4n) is 6.10. The van der Waals surface area contributed by atoms with Crippen LogP contribution in [-0.4, -0.2) is 77.1 Å². The van der Waals surface area contributed by atoms with Crippen LogP contribution in [0.25, 0.3) is 22.3 Å². The van der Waals surface area contributed by atoms with Crippen molar-refractivity contribution in [3.8, 4) is 11.3 Å². The molecule has 0 aromatic carbocycles. The highest BCUT2D eigenvalue weighted by atomic mass is 19.1. The minimum Gasteiger partial charge on any atom is -0.335 e. The standard InChI is InChI=1S/C28H32FN9O/c1-5-38-19-7-8-20(38)15-37(14-19)27(39)17-6-9-23(30-11-17)33-28-32-13-22(29)24(34-28)18-10-21-25(16(2)3)36(4)35-26(21)31-12-18/h6,9-13,16,19-20H,5,7-8,14-15H2,1-4H3,(H,30,32,33,34). The smallest absolute Gasteiger partial charge is 0.255 e. The number of piperazine rings is 1. The number of carbonyl (C=O) groups excluding carboxylic acids is 1. The first-order valence-electron chi connectivity index (χ1n) is 13.5. The quantitative estimate of drug-likeness (QED) is 0.398. The van der Waals surface area contributed by atoms with Gasteiger partial charge in [0.25, 0.3) is 5.91 Å². The number of halogens is 1. The van der Waals surface area contributed by atoms with Crippen molar-refractivity contribution in [3.63, 3.8) is 0 Å². The van der Waals surface area contributed by atoms with Gasteiger partial charge in [-0.1, -0.05) is 20.8 Å². The molecule has 0 aliphatic carbocycles. The Morgan fingerprint density at radius 3 is 2.54 bits per heavy atom. The second kappa shape index (κ2) is 9.96. The second-order valence-electron chi connectivity index (χ2n) is 10.6. The van der Waals surface area contributed by atoms with Gasteiger partial charge in [-0.3, -0.25) is 14.4 Å². The average molecular weight is 530 g/mol. The van der Waals surface area contributed by atoms with Crippen LogP contribution in [0, 0.1) is 5.82 Å². The molecule has 2 saturated heterocycles. The largest absolute Gasteiger partial charge is 0.335 e. The predicted octanol–water partition coefficient (Wildman–Crippen LogP) is 4.14. The molecule has 2 aliphatic heterocycles. The number of nitrogens with one attached hydrogen (secondary N) is 1. The fraction of sp³-hybridized carbons (Fsp3) is 0.429. The van der Waals surface area contributed by atoms with Crippen LogP contribution in [0.15, 0.2) is 36.8 Å². The number of rotatable bonds is 6. The van der Waals surface area contributed by atoms with Gasteiger partial charge in [0.15, 0.2) is 11.5 Å². The highest BCUT2D eigenvalue weighted by Gasteiger charge is 2.40. The summed E-state index contributed by atoms with van der Waals surface area (Å²) in [4.78, 5) is 35.0. The zero-order valence-corrected chi connectivity index (χ0v) is 22.6. The molecular weight excluding hydrogens is 497 g/mol. The Morgan fingerprint density at radius 1 is 1.10 bits per heavy atom. The lowest BCUT2D eigenvalue weighted by Gasteiger charge is -2.40. The molecule has 11 heteroatoms. The molecule has 2 aliphatic rings. The molecule has 6 rings (SSSR count). The van der Waals surface area contributed by atoms with Gasteiger partial charge in [-0.15, -0.1) is 0 Å². The van der Waals surface area contributed by atoms with E-state index in [0.717, 1.165) is 49.8 Å². The third-order valence-electron chi connectivity index (χ3n) is 7.84. The summed E-state index contributed by atoms with van der Waals surface area (Å²) < 4.78 is 16.6. The first kappa shape index (κ1) is 25.3. The summed E-state index contributed by atoms with van der Waals surface area (Å²) in [5.41, 5.74) is 2.84. The third-order valence-corrected chi connectivity index (χ3v) is 7.84. The summed E-state index contributed by atoms with van der Waals surface area (Å²) in [6.45, 7) is 8.89. The number of hydrogen-bond donors (Lipinski definition) is 1. The molecule has 202 valence electrons. The van der Waals surface area contributed by atoms with Crippen molar-refractivity contribution < 1.29 is 9.18 Å². The van der Waals surface area contributed by atoms with E-state index in [0.29, 0.717) is 34.7 Å². The number of likely N-dealkylation sites (tertiary alicyclic amines) is 1. The van der Waals surface area contributed by atoms with Crippen LogP contribution in [0.3, 0.4) is 0 Å². The van der Waals surface area contributed by atoms with Gasteiger partial charge >= 0.3 is 0 Å². The van der Waals surface area contributed by atoms with Gasteiger partial charge in [-0.2, -0.15) is 5.10 Å². The maximum Gasteiger partial charge on any atom is 0.255 e. The number of fused-ring (bicyclic) bond motifs is 3. The highest BCUT2D eigenvalue weighted by Crippen LogP contribution is 2.31. The molecule has 1 N–H and O–H groups in total. The normalized spacial score (nSPS) is 19.3. The number of hydrogen-bond acceptors (Lipinski definition) is 8. The number of likely N-dealkylation sites (N-methyl/N-ethyl adjacent to an activating group) is 1. The van der Waals surface area contributed by atoms with E-state index in [1.54, 1.807) is 24.5 Å². The number of amides is 1. The first-order chi connectivity index (χ1) is 18.8. The van der Waals surface area contributed by atoms with Crippen LogP contribution in [0.4, 0.5) is 16.2 Å². The number of aromatic nitrogens is 6. The van der Waals surface area contributed by atoms with Gasteiger partial charge in [-0.05, 0) is 43.5 Å². The van der Waals surface area contributed by atoms with Gasteiger partial charge in [0, 0.05) is 55.6 Å². The van der Waals surface area contributed by atoms with E-state index in [1.165, 1.54) is 0 Å². The SMILES string of the molecule is CCN1C2CCC1CN(C(=O)c1ccc(Nc3ncc(F)c(-c4cnc5nn(C)c(C(C)C)c5c4)n3)nc1)C2. The molecule has 6 heterocycles. The molecule has 10 nitrogen and oxygen atoms in total. The van der Waals surface area contributed by atoms with E-state index in [1.807, 2.05) is 22.7 Å². The van der Waals surface area contributed by atoms with E-state index >= 15 is 0 Å². The monoisotopic (exact) mass is 529 g/mol. The van der Waals surface area contributed by atoms with Gasteiger partial charge in [0.2, 0.25) is 5.95 Å². The summed E-state index contributed by atoms with van der Waals surface area (Å²) in [6.07, 6.45) is 6.56. The Hall–Kier alpha value is -3.99. The molecule has 4 aromatic rings. The lowest BCUT2D eigenvalue weighted by Crippen LogP contribution is -2.55. The summed E-state index contributed by atoms with van der Waals surface area (Å²) in [5.74, 6) is 0.328. The van der Waals surface area contributed by atoms with Crippen LogP contribution < -0.4 is 5.32 Å². The minimum absolute atomic E-state index is 0.00100. The Morgan fingerprint density at radius 2 is 1.87 bits per heavy atom. The van der Waals surface area contributed by atoms with Crippen molar-refractivity contribution in [3.05, 3.63) is 53.9 Å². The molecule has 2 atom stereocenters. The van der Waals surface area contributed by atoms with E-state index in [2.05, 4.69) is 56.0 Å². The zero-order chi connectivity index (χ0) is 27.3. The van der Waals surface area contributed by atoms with E-state index in [-0.39, 0.29) is 23.5 Å². The highest BCUT2D eigenvalue weighted by molar-refractivity contribution is 5.94. The van der Waals surface area contributed by atoms with Crippen molar-refractivity contribution in [1.82, 2.24) is 39.5 Å². The van der Waals surface area contributed by atoms with Crippen LogP contribution in [0.1, 0.15) is 55.6 Å². The number of anilines is 2. The Balaban J connectivity index is 1.20. The summed E-state index contributed by atoms with van der Waals surface area (Å²) in [6, 6.07) is 6.23. The lowest BCUT2D eigenvalue weighted by atomic mass is 10.1. The molecule has 1 amide bonds. The minimum atomic E-state index is -0.553. The van der Waals surface area contributed by atoms with Crippen LogP contribution in [-0.2, 0) is 7.05 Å². The van der Waals surface area contributed by atoms with E-state index < -0.39 is 5.82 Å². The molecule has 2 fully saturated rings. The van der Waals surface area contributed by atoms with Gasteiger partial charge in [0.1, 0.15) is 11.5 Å². The van der Waals surface area contributed by atoms with Gasteiger partial charge in [-0.25, -0.2) is 24.3 Å². The number of nitrogens with zero attached hydrogens (tertiary/aromatic N) is 8. The Bertz CT molecular complexity index is 1520. The molecule has 4 aromatic heterocycles. The lowest BCUT2D eigenvalue weighted by molar-refractivity contribution is 0.0466. The molecule has 39 heavy (non-hydrogen) atoms. The Labute approximate surface area is 226 Å². The molecular formula is C28H32FN9O. The Kier molecular flexibility index (Phi) is 6.46. The summed E-state index contributed by atoms with van der Waals surface area (Å²) in [7, 11) is 1.88. The second-order valence-corrected chi connectivity index (χ2v) is 10.6. The van der Waals surface area contributed by atoms with Crippen LogP contribution in [0.5, 0.6) is 0 Å².